The van der Waals surface area contributed by atoms with Crippen molar-refractivity contribution >= 4 is 22.6 Å². The average Bonchev–Trinajstić information content (AvgIpc) is 2.91. The van der Waals surface area contributed by atoms with Gasteiger partial charge in [0.25, 0.3) is 0 Å². The Morgan fingerprint density at radius 1 is 1.22 bits per heavy atom. The molecule has 3 N–H and O–H groups in total. The van der Waals surface area contributed by atoms with E-state index < -0.39 is 0 Å². The number of hydrogen-bond donors (Lipinski definition) is 2. The van der Waals surface area contributed by atoms with Crippen LogP contribution in [0.4, 0.5) is 5.82 Å². The summed E-state index contributed by atoms with van der Waals surface area (Å²) >= 11 is 0. The summed E-state index contributed by atoms with van der Waals surface area (Å²) in [4.78, 5) is 6.91. The van der Waals surface area contributed by atoms with Gasteiger partial charge >= 0.3 is 0 Å². The Balaban J connectivity index is 2.20. The average molecular weight is 240 g/mol. The Morgan fingerprint density at radius 2 is 1.94 bits per heavy atom. The van der Waals surface area contributed by atoms with E-state index in [0.717, 1.165) is 35.4 Å². The number of aromatic nitrogens is 1. The van der Waals surface area contributed by atoms with Crippen molar-refractivity contribution in [3.63, 3.8) is 0 Å². The maximum atomic E-state index is 7.73. The first-order valence-electron chi connectivity index (χ1n) is 6.25. The Hall–Kier alpha value is -2.10. The van der Waals surface area contributed by atoms with Crippen molar-refractivity contribution in [1.29, 1.82) is 5.41 Å². The zero-order valence-corrected chi connectivity index (χ0v) is 10.2. The fourth-order valence-electron chi connectivity index (χ4n) is 2.47. The Morgan fingerprint density at radius 3 is 2.67 bits per heavy atom. The number of para-hydroxylation sites is 1. The lowest BCUT2D eigenvalue weighted by atomic mass is 10.1. The zero-order valence-electron chi connectivity index (χ0n) is 10.2. The molecule has 0 aliphatic carbocycles. The van der Waals surface area contributed by atoms with Gasteiger partial charge in [-0.05, 0) is 25.0 Å². The molecule has 1 aliphatic rings. The van der Waals surface area contributed by atoms with Gasteiger partial charge in [-0.2, -0.15) is 0 Å². The quantitative estimate of drug-likeness (QED) is 0.624. The van der Waals surface area contributed by atoms with E-state index in [1.54, 1.807) is 0 Å². The Labute approximate surface area is 106 Å². The first-order valence-corrected chi connectivity index (χ1v) is 6.25. The lowest BCUT2D eigenvalue weighted by Crippen LogP contribution is -2.24. The van der Waals surface area contributed by atoms with E-state index in [2.05, 4.69) is 9.88 Å². The maximum Gasteiger partial charge on any atom is 0.140 e. The van der Waals surface area contributed by atoms with Crippen LogP contribution in [0.25, 0.3) is 10.9 Å². The first kappa shape index (κ1) is 11.0. The number of nitrogen functional groups attached to an aromatic ring is 1. The highest BCUT2D eigenvalue weighted by Gasteiger charge is 2.19. The number of rotatable bonds is 2. The van der Waals surface area contributed by atoms with Crippen molar-refractivity contribution in [2.75, 3.05) is 18.0 Å². The molecule has 0 spiro atoms. The molecular weight excluding hydrogens is 224 g/mol. The minimum atomic E-state index is 0.0927. The van der Waals surface area contributed by atoms with Crippen LogP contribution in [-0.2, 0) is 0 Å². The van der Waals surface area contributed by atoms with Crippen LogP contribution in [0.5, 0.6) is 0 Å². The molecule has 1 aromatic carbocycles. The number of nitrogens with two attached hydrogens (primary N) is 1. The topological polar surface area (TPSA) is 66.0 Å². The second-order valence-corrected chi connectivity index (χ2v) is 4.66. The normalized spacial score (nSPS) is 15.2. The smallest absolute Gasteiger partial charge is 0.140 e. The van der Waals surface area contributed by atoms with Crippen molar-refractivity contribution in [3.05, 3.63) is 35.9 Å². The van der Waals surface area contributed by atoms with Crippen LogP contribution in [0.2, 0.25) is 0 Å². The SMILES string of the molecule is N=C(N)c1cc2ccccc2nc1N1CCCC1. The fraction of sp³-hybridized carbons (Fsp3) is 0.286. The molecule has 0 atom stereocenters. The third-order valence-corrected chi connectivity index (χ3v) is 3.40. The lowest BCUT2D eigenvalue weighted by Gasteiger charge is -2.20. The molecule has 3 rings (SSSR count). The maximum absolute atomic E-state index is 7.73. The molecule has 92 valence electrons. The van der Waals surface area contributed by atoms with Crippen LogP contribution in [0.3, 0.4) is 0 Å². The van der Waals surface area contributed by atoms with Gasteiger partial charge in [-0.15, -0.1) is 0 Å². The van der Waals surface area contributed by atoms with E-state index in [1.165, 1.54) is 12.8 Å². The number of nitrogens with one attached hydrogen (secondary N) is 1. The molecule has 0 bridgehead atoms. The van der Waals surface area contributed by atoms with Gasteiger partial charge in [0.2, 0.25) is 0 Å². The van der Waals surface area contributed by atoms with E-state index >= 15 is 0 Å². The number of nitrogens with zero attached hydrogens (tertiary/aromatic N) is 2. The largest absolute Gasteiger partial charge is 0.384 e. The molecule has 0 amide bonds. The second-order valence-electron chi connectivity index (χ2n) is 4.66. The summed E-state index contributed by atoms with van der Waals surface area (Å²) < 4.78 is 0. The lowest BCUT2D eigenvalue weighted by molar-refractivity contribution is 0.941. The van der Waals surface area contributed by atoms with Crippen LogP contribution >= 0.6 is 0 Å². The number of pyridine rings is 1. The van der Waals surface area contributed by atoms with Gasteiger partial charge in [-0.25, -0.2) is 4.98 Å². The molecule has 1 saturated heterocycles. The summed E-state index contributed by atoms with van der Waals surface area (Å²) in [6.07, 6.45) is 2.37. The zero-order chi connectivity index (χ0) is 12.5. The second kappa shape index (κ2) is 4.29. The summed E-state index contributed by atoms with van der Waals surface area (Å²) in [6.45, 7) is 2.01. The van der Waals surface area contributed by atoms with Gasteiger partial charge in [-0.3, -0.25) is 5.41 Å². The van der Waals surface area contributed by atoms with Crippen LogP contribution in [0.15, 0.2) is 30.3 Å². The van der Waals surface area contributed by atoms with Crippen molar-refractivity contribution < 1.29 is 0 Å². The van der Waals surface area contributed by atoms with Crippen molar-refractivity contribution in [1.82, 2.24) is 4.98 Å². The molecule has 1 aromatic heterocycles. The molecule has 1 aliphatic heterocycles. The van der Waals surface area contributed by atoms with E-state index in [0.29, 0.717) is 0 Å². The van der Waals surface area contributed by atoms with Gasteiger partial charge < -0.3 is 10.6 Å². The van der Waals surface area contributed by atoms with E-state index in [4.69, 9.17) is 11.1 Å². The van der Waals surface area contributed by atoms with Crippen molar-refractivity contribution in [2.24, 2.45) is 5.73 Å². The van der Waals surface area contributed by atoms with E-state index in [9.17, 15) is 0 Å². The number of fused-ring (bicyclic) bond motifs is 1. The summed E-state index contributed by atoms with van der Waals surface area (Å²) in [5, 5.41) is 8.76. The Bertz CT molecular complexity index is 600. The fourth-order valence-corrected chi connectivity index (χ4v) is 2.47. The highest BCUT2D eigenvalue weighted by molar-refractivity contribution is 6.03. The van der Waals surface area contributed by atoms with Gasteiger partial charge in [0.1, 0.15) is 11.7 Å². The minimum Gasteiger partial charge on any atom is -0.384 e. The molecule has 2 aromatic rings. The van der Waals surface area contributed by atoms with Crippen LogP contribution in [0, 0.1) is 5.41 Å². The molecule has 0 radical (unpaired) electrons. The minimum absolute atomic E-state index is 0.0927. The number of hydrogen-bond acceptors (Lipinski definition) is 3. The van der Waals surface area contributed by atoms with Gasteiger partial charge in [0.15, 0.2) is 0 Å². The summed E-state index contributed by atoms with van der Waals surface area (Å²) in [5.41, 5.74) is 7.40. The first-order chi connectivity index (χ1) is 8.75. The third kappa shape index (κ3) is 1.79. The van der Waals surface area contributed by atoms with E-state index in [1.807, 2.05) is 30.3 Å². The van der Waals surface area contributed by atoms with Crippen molar-refractivity contribution in [3.8, 4) is 0 Å². The number of benzene rings is 1. The highest BCUT2D eigenvalue weighted by atomic mass is 15.2. The Kier molecular flexibility index (Phi) is 2.63. The van der Waals surface area contributed by atoms with Crippen LogP contribution in [-0.4, -0.2) is 23.9 Å². The summed E-state index contributed by atoms with van der Waals surface area (Å²) in [7, 11) is 0. The molecule has 0 saturated carbocycles. The molecule has 18 heavy (non-hydrogen) atoms. The van der Waals surface area contributed by atoms with Gasteiger partial charge in [0.05, 0.1) is 11.1 Å². The van der Waals surface area contributed by atoms with Gasteiger partial charge in [0, 0.05) is 18.5 Å². The number of anilines is 1. The summed E-state index contributed by atoms with van der Waals surface area (Å²) in [6, 6.07) is 9.93. The standard InChI is InChI=1S/C14H16N4/c15-13(16)11-9-10-5-1-2-6-12(10)17-14(11)18-7-3-4-8-18/h1-2,5-6,9H,3-4,7-8H2,(H3,15,16). The molecule has 0 unspecified atom stereocenters. The summed E-state index contributed by atoms with van der Waals surface area (Å²) in [5.74, 6) is 0.953. The predicted molar refractivity (Wildman–Crippen MR) is 74.2 cm³/mol. The van der Waals surface area contributed by atoms with Gasteiger partial charge in [-0.1, -0.05) is 18.2 Å². The predicted octanol–water partition coefficient (Wildman–Crippen LogP) is 2.12. The molecular formula is C14H16N4. The monoisotopic (exact) mass is 240 g/mol. The van der Waals surface area contributed by atoms with E-state index in [-0.39, 0.29) is 5.84 Å². The molecule has 1 fully saturated rings. The van der Waals surface area contributed by atoms with Crippen molar-refractivity contribution in [2.45, 2.75) is 12.8 Å². The van der Waals surface area contributed by atoms with Crippen LogP contribution in [0.1, 0.15) is 18.4 Å². The number of amidine groups is 1. The molecule has 4 nitrogen and oxygen atoms in total. The highest BCUT2D eigenvalue weighted by Crippen LogP contribution is 2.26. The van der Waals surface area contributed by atoms with Crippen LogP contribution < -0.4 is 10.6 Å². The molecule has 4 heteroatoms. The molecule has 2 heterocycles. The third-order valence-electron chi connectivity index (χ3n) is 3.40.